The van der Waals surface area contributed by atoms with Gasteiger partial charge in [0.2, 0.25) is 0 Å². The second-order valence-corrected chi connectivity index (χ2v) is 6.80. The summed E-state index contributed by atoms with van der Waals surface area (Å²) in [5.74, 6) is 0.611. The number of ether oxygens (including phenoxy) is 1. The number of Topliss-reactive ketones (excluding diaryl/α,β-unsaturated/α-hetero) is 1. The molecule has 2 fully saturated rings. The number of allylic oxidation sites excluding steroid dienone is 1. The van der Waals surface area contributed by atoms with Crippen molar-refractivity contribution in [2.24, 2.45) is 11.3 Å². The molecule has 0 aromatic carbocycles. The molecule has 0 spiro atoms. The van der Waals surface area contributed by atoms with Crippen molar-refractivity contribution in [3.8, 4) is 0 Å². The van der Waals surface area contributed by atoms with E-state index >= 15 is 0 Å². The Morgan fingerprint density at radius 3 is 2.59 bits per heavy atom. The number of carbonyl (C=O) groups excluding carboxylic acids is 1. The van der Waals surface area contributed by atoms with E-state index in [1.54, 1.807) is 0 Å². The van der Waals surface area contributed by atoms with Crippen molar-refractivity contribution < 1.29 is 9.53 Å². The van der Waals surface area contributed by atoms with Crippen LogP contribution in [0.4, 0.5) is 0 Å². The largest absolute Gasteiger partial charge is 0.372 e. The quantitative estimate of drug-likeness (QED) is 0.651. The van der Waals surface area contributed by atoms with E-state index in [9.17, 15) is 4.79 Å². The number of rotatable bonds is 1. The molecular formula is C15H24O2. The minimum absolute atomic E-state index is 0.106. The van der Waals surface area contributed by atoms with Gasteiger partial charge in [0, 0.05) is 11.8 Å². The Balaban J connectivity index is 2.20. The summed E-state index contributed by atoms with van der Waals surface area (Å²) in [4.78, 5) is 11.7. The summed E-state index contributed by atoms with van der Waals surface area (Å²) in [6.45, 7) is 12.6. The van der Waals surface area contributed by atoms with E-state index in [2.05, 4.69) is 34.3 Å². The maximum Gasteiger partial charge on any atom is 0.158 e. The molecule has 1 unspecified atom stereocenters. The summed E-state index contributed by atoms with van der Waals surface area (Å²) >= 11 is 0. The van der Waals surface area contributed by atoms with Crippen molar-refractivity contribution in [3.63, 3.8) is 0 Å². The lowest BCUT2D eigenvalue weighted by atomic mass is 9.66. The molecular weight excluding hydrogens is 212 g/mol. The SMILES string of the molecule is C=C1C(=O)CC[C@]2(C)C1CC[C@@H]2OC(C)(C)C. The molecule has 0 aliphatic heterocycles. The van der Waals surface area contributed by atoms with Gasteiger partial charge in [0.25, 0.3) is 0 Å². The van der Waals surface area contributed by atoms with E-state index in [1.807, 2.05) is 0 Å². The van der Waals surface area contributed by atoms with Crippen LogP contribution in [0.1, 0.15) is 53.4 Å². The molecule has 0 aromatic rings. The molecule has 0 radical (unpaired) electrons. The fourth-order valence-electron chi connectivity index (χ4n) is 3.47. The topological polar surface area (TPSA) is 26.3 Å². The first-order valence-electron chi connectivity index (χ1n) is 6.64. The van der Waals surface area contributed by atoms with Crippen molar-refractivity contribution >= 4 is 5.78 Å². The third-order valence-corrected chi connectivity index (χ3v) is 4.41. The van der Waals surface area contributed by atoms with Gasteiger partial charge in [-0.1, -0.05) is 13.5 Å². The lowest BCUT2D eigenvalue weighted by Crippen LogP contribution is -2.43. The molecule has 2 heteroatoms. The van der Waals surface area contributed by atoms with Crippen LogP contribution in [-0.4, -0.2) is 17.5 Å². The van der Waals surface area contributed by atoms with Crippen molar-refractivity contribution in [1.29, 1.82) is 0 Å². The van der Waals surface area contributed by atoms with Gasteiger partial charge in [-0.15, -0.1) is 0 Å². The van der Waals surface area contributed by atoms with Crippen LogP contribution < -0.4 is 0 Å². The Kier molecular flexibility index (Phi) is 2.97. The molecule has 17 heavy (non-hydrogen) atoms. The van der Waals surface area contributed by atoms with Crippen LogP contribution in [0.2, 0.25) is 0 Å². The van der Waals surface area contributed by atoms with E-state index in [0.29, 0.717) is 12.3 Å². The maximum absolute atomic E-state index is 11.7. The Hall–Kier alpha value is -0.630. The Morgan fingerprint density at radius 1 is 1.35 bits per heavy atom. The van der Waals surface area contributed by atoms with Crippen LogP contribution in [0.15, 0.2) is 12.2 Å². The molecule has 96 valence electrons. The highest BCUT2D eigenvalue weighted by Gasteiger charge is 2.52. The summed E-state index contributed by atoms with van der Waals surface area (Å²) in [6, 6.07) is 0. The Bertz CT molecular complexity index is 350. The van der Waals surface area contributed by atoms with Crippen LogP contribution >= 0.6 is 0 Å². The number of ketones is 1. The molecule has 2 rings (SSSR count). The van der Waals surface area contributed by atoms with Gasteiger partial charge in [0.05, 0.1) is 11.7 Å². The van der Waals surface area contributed by atoms with Gasteiger partial charge in [-0.3, -0.25) is 4.79 Å². The minimum atomic E-state index is -0.106. The zero-order valence-electron chi connectivity index (χ0n) is 11.5. The van der Waals surface area contributed by atoms with Gasteiger partial charge in [0.15, 0.2) is 5.78 Å². The van der Waals surface area contributed by atoms with Crippen LogP contribution in [0.25, 0.3) is 0 Å². The van der Waals surface area contributed by atoms with Crippen molar-refractivity contribution in [3.05, 3.63) is 12.2 Å². The van der Waals surface area contributed by atoms with Crippen LogP contribution in [0.3, 0.4) is 0 Å². The zero-order chi connectivity index (χ0) is 12.8. The predicted octanol–water partition coefficient (Wildman–Crippen LogP) is 3.51. The van der Waals surface area contributed by atoms with Gasteiger partial charge in [0.1, 0.15) is 0 Å². The Labute approximate surface area is 104 Å². The van der Waals surface area contributed by atoms with E-state index in [0.717, 1.165) is 24.8 Å². The minimum Gasteiger partial charge on any atom is -0.372 e. The standard InChI is InChI=1S/C15H24O2/c1-10-11-6-7-13(17-14(2,3)4)15(11,5)9-8-12(10)16/h11,13H,1,6-9H2,2-5H3/t11?,13-,15+/m0/s1. The van der Waals surface area contributed by atoms with E-state index in [1.165, 1.54) is 0 Å². The fraction of sp³-hybridized carbons (Fsp3) is 0.800. The summed E-state index contributed by atoms with van der Waals surface area (Å²) in [6.07, 6.45) is 4.00. The predicted molar refractivity (Wildman–Crippen MR) is 68.8 cm³/mol. The molecule has 0 N–H and O–H groups in total. The normalized spacial score (nSPS) is 38.4. The average Bonchev–Trinajstić information content (AvgIpc) is 2.50. The first-order chi connectivity index (χ1) is 7.74. The molecule has 2 nitrogen and oxygen atoms in total. The van der Waals surface area contributed by atoms with Gasteiger partial charge in [-0.05, 0) is 51.5 Å². The second kappa shape index (κ2) is 3.94. The summed E-state index contributed by atoms with van der Waals surface area (Å²) in [5.41, 5.74) is 0.864. The van der Waals surface area contributed by atoms with Crippen molar-refractivity contribution in [2.75, 3.05) is 0 Å². The van der Waals surface area contributed by atoms with Crippen LogP contribution in [0.5, 0.6) is 0 Å². The molecule has 0 bridgehead atoms. The van der Waals surface area contributed by atoms with E-state index in [-0.39, 0.29) is 22.9 Å². The van der Waals surface area contributed by atoms with E-state index < -0.39 is 0 Å². The van der Waals surface area contributed by atoms with Crippen molar-refractivity contribution in [1.82, 2.24) is 0 Å². The van der Waals surface area contributed by atoms with Gasteiger partial charge in [-0.25, -0.2) is 0 Å². The van der Waals surface area contributed by atoms with Crippen LogP contribution in [-0.2, 0) is 9.53 Å². The smallest absolute Gasteiger partial charge is 0.158 e. The Morgan fingerprint density at radius 2 is 2.00 bits per heavy atom. The third-order valence-electron chi connectivity index (χ3n) is 4.41. The number of hydrogen-bond acceptors (Lipinski definition) is 2. The first kappa shape index (κ1) is 12.8. The number of fused-ring (bicyclic) bond motifs is 1. The van der Waals surface area contributed by atoms with Gasteiger partial charge in [-0.2, -0.15) is 0 Å². The lowest BCUT2D eigenvalue weighted by molar-refractivity contribution is -0.128. The first-order valence-corrected chi connectivity index (χ1v) is 6.64. The van der Waals surface area contributed by atoms with Crippen molar-refractivity contribution in [2.45, 2.75) is 65.1 Å². The highest BCUT2D eigenvalue weighted by Crippen LogP contribution is 2.54. The van der Waals surface area contributed by atoms with E-state index in [4.69, 9.17) is 4.74 Å². The highest BCUT2D eigenvalue weighted by molar-refractivity contribution is 5.96. The highest BCUT2D eigenvalue weighted by atomic mass is 16.5. The molecule has 2 aliphatic carbocycles. The molecule has 2 aliphatic rings. The van der Waals surface area contributed by atoms with Gasteiger partial charge < -0.3 is 4.74 Å². The van der Waals surface area contributed by atoms with Gasteiger partial charge >= 0.3 is 0 Å². The molecule has 0 saturated heterocycles. The number of hydrogen-bond donors (Lipinski definition) is 0. The maximum atomic E-state index is 11.7. The zero-order valence-corrected chi connectivity index (χ0v) is 11.5. The average molecular weight is 236 g/mol. The molecule has 0 heterocycles. The summed E-state index contributed by atoms with van der Waals surface area (Å²) < 4.78 is 6.20. The molecule has 2 saturated carbocycles. The monoisotopic (exact) mass is 236 g/mol. The lowest BCUT2D eigenvalue weighted by Gasteiger charge is -2.42. The molecule has 0 aromatic heterocycles. The number of carbonyl (C=O) groups is 1. The summed E-state index contributed by atoms with van der Waals surface area (Å²) in [7, 11) is 0. The summed E-state index contributed by atoms with van der Waals surface area (Å²) in [5, 5.41) is 0. The molecule has 3 atom stereocenters. The second-order valence-electron chi connectivity index (χ2n) is 6.80. The third kappa shape index (κ3) is 2.20. The van der Waals surface area contributed by atoms with Crippen LogP contribution in [0, 0.1) is 11.3 Å². The molecule has 0 amide bonds. The fourth-order valence-corrected chi connectivity index (χ4v) is 3.47.